The molecule has 0 aliphatic heterocycles. The average molecular weight is 204 g/mol. The van der Waals surface area contributed by atoms with Crippen molar-refractivity contribution >= 4 is 28.6 Å². The number of hydrogen-bond donors (Lipinski definition) is 3. The van der Waals surface area contributed by atoms with E-state index in [0.29, 0.717) is 11.6 Å². The largest absolute Gasteiger partial charge is 0.399 e. The number of fused-ring (bicyclic) bond motifs is 1. The standard InChI is InChI=1S/C10H12N4O/c1-5-3-7(11)4-8-9(5)14-10(13-8)12-6(2)15/h3-4H,11H2,1-2H3,(H2,12,13,14,15). The number of nitrogens with two attached hydrogens (primary N) is 1. The molecule has 0 bridgehead atoms. The second-order valence-electron chi connectivity index (χ2n) is 3.50. The average Bonchev–Trinajstić information content (AvgIpc) is 2.45. The molecule has 1 heterocycles. The van der Waals surface area contributed by atoms with Gasteiger partial charge >= 0.3 is 0 Å². The van der Waals surface area contributed by atoms with Crippen LogP contribution in [0.2, 0.25) is 0 Å². The molecule has 5 heteroatoms. The van der Waals surface area contributed by atoms with E-state index in [-0.39, 0.29) is 5.91 Å². The number of amides is 1. The van der Waals surface area contributed by atoms with Crippen molar-refractivity contribution in [1.82, 2.24) is 9.97 Å². The zero-order chi connectivity index (χ0) is 11.0. The summed E-state index contributed by atoms with van der Waals surface area (Å²) in [6.45, 7) is 3.37. The summed E-state index contributed by atoms with van der Waals surface area (Å²) in [5.41, 5.74) is 9.02. The molecule has 0 unspecified atom stereocenters. The first-order valence-corrected chi connectivity index (χ1v) is 4.59. The summed E-state index contributed by atoms with van der Waals surface area (Å²) in [4.78, 5) is 18.1. The summed E-state index contributed by atoms with van der Waals surface area (Å²) in [5.74, 6) is 0.297. The second kappa shape index (κ2) is 3.27. The van der Waals surface area contributed by atoms with Crippen LogP contribution in [0.15, 0.2) is 12.1 Å². The Morgan fingerprint density at radius 3 is 2.93 bits per heavy atom. The van der Waals surface area contributed by atoms with Gasteiger partial charge in [0.15, 0.2) is 0 Å². The number of hydrogen-bond acceptors (Lipinski definition) is 3. The normalized spacial score (nSPS) is 10.5. The summed E-state index contributed by atoms with van der Waals surface area (Å²) in [6.07, 6.45) is 0. The molecule has 0 saturated carbocycles. The number of anilines is 2. The number of H-pyrrole nitrogens is 1. The molecule has 0 atom stereocenters. The quantitative estimate of drug-likeness (QED) is 0.614. The van der Waals surface area contributed by atoms with Gasteiger partial charge in [-0.2, -0.15) is 0 Å². The summed E-state index contributed by atoms with van der Waals surface area (Å²) in [6, 6.07) is 3.64. The Morgan fingerprint density at radius 2 is 2.27 bits per heavy atom. The number of carbonyl (C=O) groups excluding carboxylic acids is 1. The fourth-order valence-electron chi connectivity index (χ4n) is 1.54. The molecule has 0 radical (unpaired) electrons. The van der Waals surface area contributed by atoms with Crippen LogP contribution in [0.4, 0.5) is 11.6 Å². The third-order valence-corrected chi connectivity index (χ3v) is 2.09. The molecule has 2 rings (SSSR count). The van der Waals surface area contributed by atoms with Crippen molar-refractivity contribution in [3.63, 3.8) is 0 Å². The van der Waals surface area contributed by atoms with Crippen LogP contribution in [0.5, 0.6) is 0 Å². The number of nitrogens with zero attached hydrogens (tertiary/aromatic N) is 1. The van der Waals surface area contributed by atoms with Crippen molar-refractivity contribution in [1.29, 1.82) is 0 Å². The molecule has 0 aliphatic rings. The van der Waals surface area contributed by atoms with E-state index in [1.165, 1.54) is 6.92 Å². The minimum atomic E-state index is -0.153. The van der Waals surface area contributed by atoms with Gasteiger partial charge in [0.2, 0.25) is 11.9 Å². The smallest absolute Gasteiger partial charge is 0.223 e. The summed E-state index contributed by atoms with van der Waals surface area (Å²) in [5, 5.41) is 2.59. The van der Waals surface area contributed by atoms with Gasteiger partial charge in [-0.15, -0.1) is 0 Å². The van der Waals surface area contributed by atoms with E-state index < -0.39 is 0 Å². The Kier molecular flexibility index (Phi) is 2.07. The van der Waals surface area contributed by atoms with Crippen LogP contribution in [0.25, 0.3) is 11.0 Å². The fraction of sp³-hybridized carbons (Fsp3) is 0.200. The Balaban J connectivity index is 2.55. The highest BCUT2D eigenvalue weighted by Crippen LogP contribution is 2.21. The summed E-state index contributed by atoms with van der Waals surface area (Å²) >= 11 is 0. The molecule has 0 aliphatic carbocycles. The van der Waals surface area contributed by atoms with Crippen molar-refractivity contribution in [2.75, 3.05) is 11.1 Å². The Bertz CT molecular complexity index is 529. The first kappa shape index (κ1) is 9.51. The number of nitrogens with one attached hydrogen (secondary N) is 2. The SMILES string of the molecule is CC(=O)Nc1nc2c(C)cc(N)cc2[nH]1. The molecule has 5 nitrogen and oxygen atoms in total. The van der Waals surface area contributed by atoms with Gasteiger partial charge < -0.3 is 10.7 Å². The summed E-state index contributed by atoms with van der Waals surface area (Å²) in [7, 11) is 0. The minimum Gasteiger partial charge on any atom is -0.399 e. The number of rotatable bonds is 1. The van der Waals surface area contributed by atoms with Crippen LogP contribution in [-0.4, -0.2) is 15.9 Å². The highest BCUT2D eigenvalue weighted by atomic mass is 16.1. The van der Waals surface area contributed by atoms with Crippen molar-refractivity contribution in [2.45, 2.75) is 13.8 Å². The van der Waals surface area contributed by atoms with Crippen LogP contribution >= 0.6 is 0 Å². The van der Waals surface area contributed by atoms with E-state index in [1.54, 1.807) is 6.07 Å². The van der Waals surface area contributed by atoms with E-state index in [4.69, 9.17) is 5.73 Å². The Morgan fingerprint density at radius 1 is 1.53 bits per heavy atom. The topological polar surface area (TPSA) is 83.8 Å². The van der Waals surface area contributed by atoms with Gasteiger partial charge in [-0.1, -0.05) is 0 Å². The van der Waals surface area contributed by atoms with Gasteiger partial charge in [-0.25, -0.2) is 4.98 Å². The Labute approximate surface area is 86.7 Å². The van der Waals surface area contributed by atoms with Gasteiger partial charge in [-0.3, -0.25) is 10.1 Å². The molecule has 15 heavy (non-hydrogen) atoms. The zero-order valence-electron chi connectivity index (χ0n) is 8.59. The Hall–Kier alpha value is -2.04. The predicted molar refractivity (Wildman–Crippen MR) is 59.5 cm³/mol. The molecule has 0 fully saturated rings. The lowest BCUT2D eigenvalue weighted by Crippen LogP contribution is -2.06. The van der Waals surface area contributed by atoms with Gasteiger partial charge in [-0.05, 0) is 24.6 Å². The van der Waals surface area contributed by atoms with E-state index in [0.717, 1.165) is 16.6 Å². The number of aromatic amines is 1. The van der Waals surface area contributed by atoms with Crippen LogP contribution in [0.3, 0.4) is 0 Å². The van der Waals surface area contributed by atoms with E-state index >= 15 is 0 Å². The molecule has 4 N–H and O–H groups in total. The summed E-state index contributed by atoms with van der Waals surface area (Å²) < 4.78 is 0. The number of imidazole rings is 1. The molecule has 78 valence electrons. The number of carbonyl (C=O) groups is 1. The zero-order valence-corrected chi connectivity index (χ0v) is 8.59. The van der Waals surface area contributed by atoms with Crippen molar-refractivity contribution in [3.05, 3.63) is 17.7 Å². The number of benzene rings is 1. The number of aromatic nitrogens is 2. The van der Waals surface area contributed by atoms with Crippen molar-refractivity contribution in [3.8, 4) is 0 Å². The lowest BCUT2D eigenvalue weighted by molar-refractivity contribution is -0.114. The van der Waals surface area contributed by atoms with Gasteiger partial charge in [0.05, 0.1) is 11.0 Å². The van der Waals surface area contributed by atoms with Crippen LogP contribution in [0, 0.1) is 6.92 Å². The number of nitrogen functional groups attached to an aromatic ring is 1. The van der Waals surface area contributed by atoms with Gasteiger partial charge in [0.25, 0.3) is 0 Å². The lowest BCUT2D eigenvalue weighted by atomic mass is 10.2. The number of aryl methyl sites for hydroxylation is 1. The minimum absolute atomic E-state index is 0.153. The maximum absolute atomic E-state index is 10.8. The third kappa shape index (κ3) is 1.76. The maximum Gasteiger partial charge on any atom is 0.223 e. The van der Waals surface area contributed by atoms with Crippen LogP contribution in [0.1, 0.15) is 12.5 Å². The lowest BCUT2D eigenvalue weighted by Gasteiger charge is -1.95. The van der Waals surface area contributed by atoms with Gasteiger partial charge in [0, 0.05) is 12.6 Å². The van der Waals surface area contributed by atoms with Crippen molar-refractivity contribution < 1.29 is 4.79 Å². The van der Waals surface area contributed by atoms with E-state index in [2.05, 4.69) is 15.3 Å². The second-order valence-corrected chi connectivity index (χ2v) is 3.50. The molecule has 0 saturated heterocycles. The maximum atomic E-state index is 10.8. The predicted octanol–water partition coefficient (Wildman–Crippen LogP) is 1.41. The van der Waals surface area contributed by atoms with Gasteiger partial charge in [0.1, 0.15) is 0 Å². The molecule has 1 amide bonds. The fourth-order valence-corrected chi connectivity index (χ4v) is 1.54. The molecule has 0 spiro atoms. The molecular weight excluding hydrogens is 192 g/mol. The van der Waals surface area contributed by atoms with E-state index in [1.807, 2.05) is 13.0 Å². The molecular formula is C10H12N4O. The molecule has 2 aromatic rings. The van der Waals surface area contributed by atoms with Crippen molar-refractivity contribution in [2.24, 2.45) is 0 Å². The highest BCUT2D eigenvalue weighted by molar-refractivity contribution is 5.90. The van der Waals surface area contributed by atoms with Crippen LogP contribution < -0.4 is 11.1 Å². The van der Waals surface area contributed by atoms with E-state index in [9.17, 15) is 4.79 Å². The first-order valence-electron chi connectivity index (χ1n) is 4.59. The first-order chi connectivity index (χ1) is 7.06. The van der Waals surface area contributed by atoms with Crippen LogP contribution in [-0.2, 0) is 4.79 Å². The highest BCUT2D eigenvalue weighted by Gasteiger charge is 2.06. The molecule has 1 aromatic carbocycles. The monoisotopic (exact) mass is 204 g/mol. The third-order valence-electron chi connectivity index (χ3n) is 2.09. The molecule has 1 aromatic heterocycles.